The van der Waals surface area contributed by atoms with Crippen molar-refractivity contribution in [1.29, 1.82) is 0 Å². The van der Waals surface area contributed by atoms with Crippen LogP contribution in [-0.4, -0.2) is 5.97 Å². The van der Waals surface area contributed by atoms with Crippen LogP contribution in [0.3, 0.4) is 0 Å². The van der Waals surface area contributed by atoms with Crippen LogP contribution in [-0.2, 0) is 9.53 Å². The second kappa shape index (κ2) is 4.45. The fourth-order valence-electron chi connectivity index (χ4n) is 0.961. The van der Waals surface area contributed by atoms with Crippen LogP contribution < -0.4 is 0 Å². The van der Waals surface area contributed by atoms with Gasteiger partial charge in [0.2, 0.25) is 0 Å². The van der Waals surface area contributed by atoms with Gasteiger partial charge in [0.05, 0.1) is 0 Å². The molecule has 0 N–H and O–H groups in total. The smallest absolute Gasteiger partial charge is 0.330 e. The Bertz CT molecular complexity index is 290. The van der Waals surface area contributed by atoms with Gasteiger partial charge in [-0.15, -0.1) is 0 Å². The second-order valence-corrected chi connectivity index (χ2v) is 2.62. The summed E-state index contributed by atoms with van der Waals surface area (Å²) in [5.41, 5.74) is 0.953. The van der Waals surface area contributed by atoms with E-state index < -0.39 is 5.97 Å². The number of benzene rings is 1. The minimum absolute atomic E-state index is 0.236. The minimum atomic E-state index is -0.402. The number of carbonyl (C=O) groups excluding carboxylic acids is 1. The van der Waals surface area contributed by atoms with E-state index in [9.17, 15) is 4.79 Å². The maximum Gasteiger partial charge on any atom is 0.330 e. The van der Waals surface area contributed by atoms with Gasteiger partial charge >= 0.3 is 5.97 Å². The molecule has 0 bridgehead atoms. The van der Waals surface area contributed by atoms with E-state index >= 15 is 0 Å². The number of carbonyl (C=O) groups is 1. The van der Waals surface area contributed by atoms with Gasteiger partial charge in [-0.25, -0.2) is 4.79 Å². The van der Waals surface area contributed by atoms with E-state index in [1.165, 1.54) is 0 Å². The zero-order valence-electron chi connectivity index (χ0n) is 7.49. The Hall–Kier alpha value is -1.57. The molecule has 1 radical (unpaired) electrons. The molecule has 0 aromatic heterocycles. The van der Waals surface area contributed by atoms with Crippen molar-refractivity contribution in [2.45, 2.75) is 13.0 Å². The van der Waals surface area contributed by atoms with Gasteiger partial charge in [0.25, 0.3) is 0 Å². The summed E-state index contributed by atoms with van der Waals surface area (Å²) in [6.45, 7) is 5.14. The third kappa shape index (κ3) is 2.75. The SMILES string of the molecule is C=CC(=O)OC(C)c1cc[c]cc1. The molecular weight excluding hydrogens is 164 g/mol. The maximum atomic E-state index is 10.8. The van der Waals surface area contributed by atoms with Gasteiger partial charge < -0.3 is 4.74 Å². The minimum Gasteiger partial charge on any atom is -0.455 e. The normalized spacial score (nSPS) is 11.8. The van der Waals surface area contributed by atoms with Gasteiger partial charge in [-0.2, -0.15) is 0 Å². The van der Waals surface area contributed by atoms with Crippen LogP contribution >= 0.6 is 0 Å². The van der Waals surface area contributed by atoms with Crippen LogP contribution in [0.4, 0.5) is 0 Å². The van der Waals surface area contributed by atoms with Gasteiger partial charge in [0, 0.05) is 6.08 Å². The molecule has 0 aliphatic rings. The first-order valence-corrected chi connectivity index (χ1v) is 4.03. The van der Waals surface area contributed by atoms with Crippen LogP contribution in [0.15, 0.2) is 36.9 Å². The summed E-state index contributed by atoms with van der Waals surface area (Å²) in [7, 11) is 0. The van der Waals surface area contributed by atoms with Crippen LogP contribution in [0, 0.1) is 6.07 Å². The Morgan fingerprint density at radius 1 is 1.62 bits per heavy atom. The monoisotopic (exact) mass is 175 g/mol. The highest BCUT2D eigenvalue weighted by Crippen LogP contribution is 2.15. The largest absolute Gasteiger partial charge is 0.455 e. The molecule has 13 heavy (non-hydrogen) atoms. The van der Waals surface area contributed by atoms with Crippen molar-refractivity contribution in [2.75, 3.05) is 0 Å². The topological polar surface area (TPSA) is 26.3 Å². The molecule has 0 fully saturated rings. The van der Waals surface area contributed by atoms with Gasteiger partial charge in [-0.1, -0.05) is 30.8 Å². The summed E-state index contributed by atoms with van der Waals surface area (Å²) in [5.74, 6) is -0.402. The van der Waals surface area contributed by atoms with Crippen LogP contribution in [0.2, 0.25) is 0 Å². The van der Waals surface area contributed by atoms with E-state index in [1.807, 2.05) is 19.1 Å². The number of esters is 1. The first kappa shape index (κ1) is 9.52. The standard InChI is InChI=1S/C11H11O2/c1-3-11(12)13-9(2)10-7-5-4-6-8-10/h3,5-9H,1H2,2H3. The first-order chi connectivity index (χ1) is 6.24. The van der Waals surface area contributed by atoms with E-state index in [1.54, 1.807) is 12.1 Å². The summed E-state index contributed by atoms with van der Waals surface area (Å²) >= 11 is 0. The Morgan fingerprint density at radius 3 is 2.77 bits per heavy atom. The Labute approximate surface area is 77.8 Å². The van der Waals surface area contributed by atoms with E-state index in [0.29, 0.717) is 0 Å². The molecule has 1 aromatic carbocycles. The molecule has 1 atom stereocenters. The van der Waals surface area contributed by atoms with E-state index in [4.69, 9.17) is 4.74 Å². The lowest BCUT2D eigenvalue weighted by molar-refractivity contribution is -0.142. The van der Waals surface area contributed by atoms with Crippen LogP contribution in [0.25, 0.3) is 0 Å². The van der Waals surface area contributed by atoms with Gasteiger partial charge in [0.15, 0.2) is 0 Å². The fourth-order valence-corrected chi connectivity index (χ4v) is 0.961. The molecule has 1 aromatic rings. The Kier molecular flexibility index (Phi) is 3.26. The molecule has 0 saturated heterocycles. The highest BCUT2D eigenvalue weighted by Gasteiger charge is 2.07. The lowest BCUT2D eigenvalue weighted by Gasteiger charge is -2.11. The van der Waals surface area contributed by atoms with Crippen molar-refractivity contribution in [3.8, 4) is 0 Å². The van der Waals surface area contributed by atoms with Crippen molar-refractivity contribution in [2.24, 2.45) is 0 Å². The third-order valence-electron chi connectivity index (χ3n) is 1.67. The molecule has 2 nitrogen and oxygen atoms in total. The lowest BCUT2D eigenvalue weighted by Crippen LogP contribution is -2.05. The van der Waals surface area contributed by atoms with Crippen LogP contribution in [0.1, 0.15) is 18.6 Å². The van der Waals surface area contributed by atoms with Crippen molar-refractivity contribution in [3.63, 3.8) is 0 Å². The number of hydrogen-bond donors (Lipinski definition) is 0. The molecule has 0 heterocycles. The fraction of sp³-hybridized carbons (Fsp3) is 0.182. The third-order valence-corrected chi connectivity index (χ3v) is 1.67. The molecule has 67 valence electrons. The highest BCUT2D eigenvalue weighted by atomic mass is 16.5. The average molecular weight is 175 g/mol. The van der Waals surface area contributed by atoms with Crippen molar-refractivity contribution >= 4 is 5.97 Å². The maximum absolute atomic E-state index is 10.8. The highest BCUT2D eigenvalue weighted by molar-refractivity contribution is 5.81. The zero-order chi connectivity index (χ0) is 9.68. The number of hydrogen-bond acceptors (Lipinski definition) is 2. The number of ether oxygens (including phenoxy) is 1. The summed E-state index contributed by atoms with van der Waals surface area (Å²) in [5, 5.41) is 0. The predicted molar refractivity (Wildman–Crippen MR) is 50.0 cm³/mol. The summed E-state index contributed by atoms with van der Waals surface area (Å²) < 4.78 is 5.01. The first-order valence-electron chi connectivity index (χ1n) is 4.03. The molecule has 1 unspecified atom stereocenters. The second-order valence-electron chi connectivity index (χ2n) is 2.62. The predicted octanol–water partition coefficient (Wildman–Crippen LogP) is 2.28. The average Bonchev–Trinajstić information content (AvgIpc) is 2.19. The summed E-state index contributed by atoms with van der Waals surface area (Å²) in [6, 6.07) is 10.2. The van der Waals surface area contributed by atoms with E-state index in [2.05, 4.69) is 12.6 Å². The van der Waals surface area contributed by atoms with Gasteiger partial charge in [-0.05, 0) is 18.6 Å². The molecular formula is C11H11O2. The van der Waals surface area contributed by atoms with Gasteiger partial charge in [0.1, 0.15) is 6.10 Å². The lowest BCUT2D eigenvalue weighted by atomic mass is 10.1. The summed E-state index contributed by atoms with van der Waals surface area (Å²) in [6.07, 6.45) is 0.922. The van der Waals surface area contributed by atoms with Crippen molar-refractivity contribution in [1.82, 2.24) is 0 Å². The van der Waals surface area contributed by atoms with Gasteiger partial charge in [-0.3, -0.25) is 0 Å². The van der Waals surface area contributed by atoms with Crippen molar-refractivity contribution in [3.05, 3.63) is 48.6 Å². The zero-order valence-corrected chi connectivity index (χ0v) is 7.49. The molecule has 0 aliphatic carbocycles. The molecule has 0 spiro atoms. The quantitative estimate of drug-likeness (QED) is 0.520. The number of rotatable bonds is 3. The van der Waals surface area contributed by atoms with Crippen LogP contribution in [0.5, 0.6) is 0 Å². The molecule has 0 aliphatic heterocycles. The molecule has 0 amide bonds. The Balaban J connectivity index is 2.63. The summed E-state index contributed by atoms with van der Waals surface area (Å²) in [4.78, 5) is 10.8. The molecule has 2 heteroatoms. The van der Waals surface area contributed by atoms with E-state index in [-0.39, 0.29) is 6.10 Å². The molecule has 0 saturated carbocycles. The van der Waals surface area contributed by atoms with Crippen molar-refractivity contribution < 1.29 is 9.53 Å². The van der Waals surface area contributed by atoms with E-state index in [0.717, 1.165) is 11.6 Å². The molecule has 1 rings (SSSR count). The Morgan fingerprint density at radius 2 is 2.23 bits per heavy atom.